The number of carbonyl (C=O) groups is 2. The molecule has 0 bridgehead atoms. The summed E-state index contributed by atoms with van der Waals surface area (Å²) in [7, 11) is 3.57. The molecule has 0 spiro atoms. The fourth-order valence-corrected chi connectivity index (χ4v) is 2.01. The van der Waals surface area contributed by atoms with Gasteiger partial charge in [-0.2, -0.15) is 5.10 Å². The van der Waals surface area contributed by atoms with Crippen molar-refractivity contribution in [2.75, 3.05) is 33.2 Å². The highest BCUT2D eigenvalue weighted by Gasteiger charge is 2.27. The van der Waals surface area contributed by atoms with Gasteiger partial charge < -0.3 is 14.9 Å². The van der Waals surface area contributed by atoms with Crippen molar-refractivity contribution in [3.8, 4) is 0 Å². The first-order valence-corrected chi connectivity index (χ1v) is 5.74. The van der Waals surface area contributed by atoms with Crippen LogP contribution in [0, 0.1) is 0 Å². The molecule has 1 aromatic rings. The molecule has 1 N–H and O–H groups in total. The molecule has 2 rings (SSSR count). The van der Waals surface area contributed by atoms with Gasteiger partial charge in [0.1, 0.15) is 11.3 Å². The molecule has 98 valence electrons. The highest BCUT2D eigenvalue weighted by Crippen LogP contribution is 2.12. The third-order valence-electron chi connectivity index (χ3n) is 3.16. The van der Waals surface area contributed by atoms with Crippen molar-refractivity contribution in [1.29, 1.82) is 0 Å². The Hall–Kier alpha value is -1.89. The third kappa shape index (κ3) is 2.21. The van der Waals surface area contributed by atoms with Crippen LogP contribution in [0.2, 0.25) is 0 Å². The molecule has 2 heterocycles. The van der Waals surface area contributed by atoms with Crippen molar-refractivity contribution in [2.24, 2.45) is 7.05 Å². The van der Waals surface area contributed by atoms with Gasteiger partial charge in [-0.25, -0.2) is 4.79 Å². The number of hydrogen-bond donors (Lipinski definition) is 1. The first kappa shape index (κ1) is 12.6. The van der Waals surface area contributed by atoms with Gasteiger partial charge in [-0.05, 0) is 7.05 Å². The zero-order chi connectivity index (χ0) is 13.3. The van der Waals surface area contributed by atoms with Crippen molar-refractivity contribution in [3.05, 3.63) is 17.5 Å². The average molecular weight is 252 g/mol. The Morgan fingerprint density at radius 1 is 1.22 bits per heavy atom. The fraction of sp³-hybridized carbons (Fsp3) is 0.545. The lowest BCUT2D eigenvalue weighted by atomic mass is 10.2. The van der Waals surface area contributed by atoms with Gasteiger partial charge in [-0.3, -0.25) is 9.48 Å². The van der Waals surface area contributed by atoms with E-state index in [0.717, 1.165) is 13.1 Å². The Labute approximate surface area is 105 Å². The average Bonchev–Trinajstić information content (AvgIpc) is 2.71. The molecule has 0 unspecified atom stereocenters. The Bertz CT molecular complexity index is 475. The van der Waals surface area contributed by atoms with Crippen LogP contribution in [0.4, 0.5) is 0 Å². The van der Waals surface area contributed by atoms with Gasteiger partial charge in [0.2, 0.25) is 0 Å². The molecule has 1 saturated heterocycles. The molecule has 7 heteroatoms. The van der Waals surface area contributed by atoms with Gasteiger partial charge in [0.05, 0.1) is 6.20 Å². The molecule has 0 radical (unpaired) electrons. The molecule has 1 fully saturated rings. The largest absolute Gasteiger partial charge is 0.478 e. The molecule has 0 aromatic carbocycles. The van der Waals surface area contributed by atoms with E-state index < -0.39 is 5.97 Å². The third-order valence-corrected chi connectivity index (χ3v) is 3.16. The smallest absolute Gasteiger partial charge is 0.339 e. The Morgan fingerprint density at radius 2 is 1.83 bits per heavy atom. The van der Waals surface area contributed by atoms with Gasteiger partial charge in [0.25, 0.3) is 5.91 Å². The number of aromatic nitrogens is 2. The predicted octanol–water partition coefficient (Wildman–Crippen LogP) is -0.494. The van der Waals surface area contributed by atoms with Crippen LogP contribution in [0.25, 0.3) is 0 Å². The number of aromatic carboxylic acids is 1. The molecule has 1 amide bonds. The number of nitrogens with zero attached hydrogens (tertiary/aromatic N) is 4. The lowest BCUT2D eigenvalue weighted by Crippen LogP contribution is -2.47. The van der Waals surface area contributed by atoms with Crippen LogP contribution in [-0.2, 0) is 7.05 Å². The summed E-state index contributed by atoms with van der Waals surface area (Å²) < 4.78 is 1.32. The highest BCUT2D eigenvalue weighted by atomic mass is 16.4. The van der Waals surface area contributed by atoms with Crippen molar-refractivity contribution >= 4 is 11.9 Å². The zero-order valence-electron chi connectivity index (χ0n) is 10.5. The van der Waals surface area contributed by atoms with Gasteiger partial charge in [-0.15, -0.1) is 0 Å². The van der Waals surface area contributed by atoms with Crippen LogP contribution in [0.5, 0.6) is 0 Å². The van der Waals surface area contributed by atoms with E-state index in [4.69, 9.17) is 5.11 Å². The SMILES string of the molecule is CN1CCN(C(=O)c2c(C(=O)O)cnn2C)CC1. The lowest BCUT2D eigenvalue weighted by molar-refractivity contribution is 0.0627. The second-order valence-corrected chi connectivity index (χ2v) is 4.43. The number of carboxylic acids is 1. The van der Waals surface area contributed by atoms with Crippen LogP contribution in [0.3, 0.4) is 0 Å². The minimum Gasteiger partial charge on any atom is -0.478 e. The number of likely N-dealkylation sites (N-methyl/N-ethyl adjacent to an activating group) is 1. The van der Waals surface area contributed by atoms with Crippen molar-refractivity contribution in [2.45, 2.75) is 0 Å². The van der Waals surface area contributed by atoms with Crippen molar-refractivity contribution in [3.63, 3.8) is 0 Å². The fourth-order valence-electron chi connectivity index (χ4n) is 2.01. The number of carboxylic acid groups (broad SMARTS) is 1. The van der Waals surface area contributed by atoms with E-state index in [1.54, 1.807) is 11.9 Å². The highest BCUT2D eigenvalue weighted by molar-refractivity contribution is 6.03. The standard InChI is InChI=1S/C11H16N4O3/c1-13-3-5-15(6-4-13)10(16)9-8(11(17)18)7-12-14(9)2/h7H,3-6H2,1-2H3,(H,17,18). The lowest BCUT2D eigenvalue weighted by Gasteiger charge is -2.32. The second-order valence-electron chi connectivity index (χ2n) is 4.43. The van der Waals surface area contributed by atoms with Crippen LogP contribution < -0.4 is 0 Å². The summed E-state index contributed by atoms with van der Waals surface area (Å²) in [6.45, 7) is 2.82. The summed E-state index contributed by atoms with van der Waals surface area (Å²) in [4.78, 5) is 27.1. The summed E-state index contributed by atoms with van der Waals surface area (Å²) in [5.74, 6) is -1.39. The monoisotopic (exact) mass is 252 g/mol. The van der Waals surface area contributed by atoms with Crippen LogP contribution in [-0.4, -0.2) is 69.8 Å². The van der Waals surface area contributed by atoms with E-state index in [0.29, 0.717) is 13.1 Å². The number of amides is 1. The minimum atomic E-state index is -1.12. The van der Waals surface area contributed by atoms with E-state index >= 15 is 0 Å². The predicted molar refractivity (Wildman–Crippen MR) is 63.6 cm³/mol. The first-order chi connectivity index (χ1) is 8.50. The molecule has 1 aliphatic rings. The summed E-state index contributed by atoms with van der Waals surface area (Å²) in [6, 6.07) is 0. The second kappa shape index (κ2) is 4.77. The molecule has 7 nitrogen and oxygen atoms in total. The maximum atomic E-state index is 12.3. The van der Waals surface area contributed by atoms with Crippen LogP contribution >= 0.6 is 0 Å². The van der Waals surface area contributed by atoms with Crippen molar-refractivity contribution < 1.29 is 14.7 Å². The summed E-state index contributed by atoms with van der Waals surface area (Å²) in [5, 5.41) is 12.9. The zero-order valence-corrected chi connectivity index (χ0v) is 10.5. The van der Waals surface area contributed by atoms with E-state index in [1.165, 1.54) is 10.9 Å². The quantitative estimate of drug-likeness (QED) is 0.768. The molecule has 1 aliphatic heterocycles. The molecule has 1 aromatic heterocycles. The topological polar surface area (TPSA) is 78.7 Å². The van der Waals surface area contributed by atoms with E-state index in [9.17, 15) is 9.59 Å². The van der Waals surface area contributed by atoms with Crippen molar-refractivity contribution in [1.82, 2.24) is 19.6 Å². The number of carbonyl (C=O) groups excluding carboxylic acids is 1. The van der Waals surface area contributed by atoms with Gasteiger partial charge in [0.15, 0.2) is 0 Å². The van der Waals surface area contributed by atoms with Gasteiger partial charge >= 0.3 is 5.97 Å². The molecular weight excluding hydrogens is 236 g/mol. The summed E-state index contributed by atoms with van der Waals surface area (Å²) in [5.41, 5.74) is 0.105. The number of rotatable bonds is 2. The number of aryl methyl sites for hydroxylation is 1. The Balaban J connectivity index is 2.23. The summed E-state index contributed by atoms with van der Waals surface area (Å²) >= 11 is 0. The molecule has 18 heavy (non-hydrogen) atoms. The Morgan fingerprint density at radius 3 is 2.39 bits per heavy atom. The number of hydrogen-bond acceptors (Lipinski definition) is 4. The maximum absolute atomic E-state index is 12.3. The number of piperazine rings is 1. The molecule has 0 saturated carbocycles. The van der Waals surface area contributed by atoms with E-state index in [1.807, 2.05) is 7.05 Å². The minimum absolute atomic E-state index is 0.0403. The van der Waals surface area contributed by atoms with Crippen LogP contribution in [0.1, 0.15) is 20.8 Å². The van der Waals surface area contributed by atoms with E-state index in [-0.39, 0.29) is 17.2 Å². The Kier molecular flexibility index (Phi) is 3.33. The normalized spacial score (nSPS) is 16.9. The maximum Gasteiger partial charge on any atom is 0.339 e. The van der Waals surface area contributed by atoms with Gasteiger partial charge in [0, 0.05) is 33.2 Å². The molecule has 0 atom stereocenters. The van der Waals surface area contributed by atoms with Gasteiger partial charge in [-0.1, -0.05) is 0 Å². The first-order valence-electron chi connectivity index (χ1n) is 5.74. The van der Waals surface area contributed by atoms with E-state index in [2.05, 4.69) is 10.00 Å². The molecule has 0 aliphatic carbocycles. The molecular formula is C11H16N4O3. The van der Waals surface area contributed by atoms with Crippen LogP contribution in [0.15, 0.2) is 6.20 Å². The summed E-state index contributed by atoms with van der Waals surface area (Å²) in [6.07, 6.45) is 1.21.